The van der Waals surface area contributed by atoms with E-state index in [4.69, 9.17) is 28.4 Å². The molecule has 1 heterocycles. The van der Waals surface area contributed by atoms with Crippen molar-refractivity contribution < 1.29 is 33.2 Å². The van der Waals surface area contributed by atoms with Gasteiger partial charge in [0.05, 0.1) is 35.5 Å². The van der Waals surface area contributed by atoms with E-state index in [1.165, 1.54) is 7.11 Å². The van der Waals surface area contributed by atoms with Gasteiger partial charge in [-0.05, 0) is 23.8 Å². The van der Waals surface area contributed by atoms with Crippen molar-refractivity contribution in [1.29, 1.82) is 0 Å². The Hall–Kier alpha value is -3.09. The van der Waals surface area contributed by atoms with Crippen molar-refractivity contribution in [2.75, 3.05) is 35.5 Å². The summed E-state index contributed by atoms with van der Waals surface area (Å²) in [5.41, 5.74) is 2.03. The first-order valence-corrected chi connectivity index (χ1v) is 8.32. The number of ether oxygens (including phenoxy) is 6. The van der Waals surface area contributed by atoms with Gasteiger partial charge >= 0.3 is 5.97 Å². The predicted molar refractivity (Wildman–Crippen MR) is 97.5 cm³/mol. The molecule has 0 spiro atoms. The fourth-order valence-electron chi connectivity index (χ4n) is 3.23. The Morgan fingerprint density at radius 2 is 1.44 bits per heavy atom. The topological polar surface area (TPSA) is 72.5 Å². The van der Waals surface area contributed by atoms with E-state index >= 15 is 0 Å². The van der Waals surface area contributed by atoms with Gasteiger partial charge in [0.1, 0.15) is 23.2 Å². The average Bonchev–Trinajstić information content (AvgIpc) is 3.01. The van der Waals surface area contributed by atoms with Crippen LogP contribution in [0, 0.1) is 0 Å². The minimum atomic E-state index is -0.473. The lowest BCUT2D eigenvalue weighted by atomic mass is 9.98. The lowest BCUT2D eigenvalue weighted by molar-refractivity contribution is 0.0385. The zero-order valence-electron chi connectivity index (χ0n) is 16.0. The molecule has 0 bridgehead atoms. The Morgan fingerprint density at radius 3 is 1.96 bits per heavy atom. The SMILES string of the molecule is COc1cc(OC)c2c(c1)C(Cc1cc(OC)c(OC)c(OC)c1)OC2=O. The summed E-state index contributed by atoms with van der Waals surface area (Å²) in [6.07, 6.45) is -0.0366. The van der Waals surface area contributed by atoms with Gasteiger partial charge in [0.15, 0.2) is 11.5 Å². The lowest BCUT2D eigenvalue weighted by Crippen LogP contribution is -2.04. The zero-order valence-corrected chi connectivity index (χ0v) is 16.0. The Labute approximate surface area is 157 Å². The zero-order chi connectivity index (χ0) is 19.6. The number of fused-ring (bicyclic) bond motifs is 1. The maximum atomic E-state index is 12.4. The number of hydrogen-bond donors (Lipinski definition) is 0. The second-order valence-corrected chi connectivity index (χ2v) is 5.93. The molecule has 0 radical (unpaired) electrons. The van der Waals surface area contributed by atoms with Crippen LogP contribution < -0.4 is 23.7 Å². The number of methoxy groups -OCH3 is 5. The van der Waals surface area contributed by atoms with Gasteiger partial charge in [0.25, 0.3) is 0 Å². The molecular weight excluding hydrogens is 352 g/mol. The van der Waals surface area contributed by atoms with Gasteiger partial charge in [-0.3, -0.25) is 0 Å². The van der Waals surface area contributed by atoms with Gasteiger partial charge in [-0.15, -0.1) is 0 Å². The molecule has 0 N–H and O–H groups in total. The van der Waals surface area contributed by atoms with E-state index in [1.807, 2.05) is 12.1 Å². The van der Waals surface area contributed by atoms with Crippen LogP contribution in [0.3, 0.4) is 0 Å². The van der Waals surface area contributed by atoms with Crippen molar-refractivity contribution in [3.05, 3.63) is 41.0 Å². The summed E-state index contributed by atoms with van der Waals surface area (Å²) in [6.45, 7) is 0. The third kappa shape index (κ3) is 3.32. The van der Waals surface area contributed by atoms with Crippen molar-refractivity contribution in [1.82, 2.24) is 0 Å². The number of benzene rings is 2. The Bertz CT molecular complexity index is 835. The number of rotatable bonds is 7. The van der Waals surface area contributed by atoms with E-state index in [0.717, 1.165) is 11.1 Å². The summed E-state index contributed by atoms with van der Waals surface area (Å²) in [5, 5.41) is 0. The molecule has 1 atom stereocenters. The summed E-state index contributed by atoms with van der Waals surface area (Å²) in [7, 11) is 7.73. The summed E-state index contributed by atoms with van der Waals surface area (Å²) in [5.74, 6) is 2.21. The van der Waals surface area contributed by atoms with Gasteiger partial charge in [-0.1, -0.05) is 0 Å². The highest BCUT2D eigenvalue weighted by molar-refractivity contribution is 5.97. The molecule has 1 aliphatic rings. The summed E-state index contributed by atoms with van der Waals surface area (Å²) >= 11 is 0. The van der Waals surface area contributed by atoms with E-state index in [0.29, 0.717) is 40.7 Å². The highest BCUT2D eigenvalue weighted by Gasteiger charge is 2.35. The molecule has 7 nitrogen and oxygen atoms in total. The normalized spacial score (nSPS) is 15.0. The number of carbonyl (C=O) groups is 1. The molecule has 7 heteroatoms. The van der Waals surface area contributed by atoms with Crippen molar-refractivity contribution >= 4 is 5.97 Å². The molecule has 3 rings (SSSR count). The molecule has 0 amide bonds. The van der Waals surface area contributed by atoms with Crippen LogP contribution in [0.15, 0.2) is 24.3 Å². The minimum Gasteiger partial charge on any atom is -0.497 e. The van der Waals surface area contributed by atoms with Crippen LogP contribution in [0.4, 0.5) is 0 Å². The second-order valence-electron chi connectivity index (χ2n) is 5.93. The van der Waals surface area contributed by atoms with E-state index < -0.39 is 12.1 Å². The number of esters is 1. The largest absolute Gasteiger partial charge is 0.497 e. The van der Waals surface area contributed by atoms with Gasteiger partial charge in [0, 0.05) is 18.1 Å². The minimum absolute atomic E-state index is 0.415. The summed E-state index contributed by atoms with van der Waals surface area (Å²) in [6, 6.07) is 7.14. The van der Waals surface area contributed by atoms with E-state index in [-0.39, 0.29) is 0 Å². The van der Waals surface area contributed by atoms with E-state index in [1.54, 1.807) is 40.6 Å². The molecule has 0 aromatic heterocycles. The van der Waals surface area contributed by atoms with Crippen molar-refractivity contribution in [3.8, 4) is 28.7 Å². The molecule has 1 unspecified atom stereocenters. The van der Waals surface area contributed by atoms with E-state index in [9.17, 15) is 4.79 Å². The average molecular weight is 374 g/mol. The molecule has 0 aliphatic carbocycles. The maximum absolute atomic E-state index is 12.4. The van der Waals surface area contributed by atoms with Crippen LogP contribution >= 0.6 is 0 Å². The predicted octanol–water partition coefficient (Wildman–Crippen LogP) is 3.18. The Morgan fingerprint density at radius 1 is 0.815 bits per heavy atom. The molecular formula is C20H22O7. The smallest absolute Gasteiger partial charge is 0.342 e. The Balaban J connectivity index is 2.01. The molecule has 0 saturated carbocycles. The second kappa shape index (κ2) is 7.65. The first kappa shape index (κ1) is 18.7. The fourth-order valence-corrected chi connectivity index (χ4v) is 3.23. The number of cyclic esters (lactones) is 1. The molecule has 27 heavy (non-hydrogen) atoms. The molecule has 1 aliphatic heterocycles. The fraction of sp³-hybridized carbons (Fsp3) is 0.350. The van der Waals surface area contributed by atoms with Gasteiger partial charge in [0.2, 0.25) is 5.75 Å². The van der Waals surface area contributed by atoms with Crippen molar-refractivity contribution in [2.45, 2.75) is 12.5 Å². The van der Waals surface area contributed by atoms with Gasteiger partial charge < -0.3 is 28.4 Å². The van der Waals surface area contributed by atoms with Crippen LogP contribution in [0.25, 0.3) is 0 Å². The van der Waals surface area contributed by atoms with E-state index in [2.05, 4.69) is 0 Å². The molecule has 2 aromatic carbocycles. The summed E-state index contributed by atoms with van der Waals surface area (Å²) < 4.78 is 32.4. The van der Waals surface area contributed by atoms with Crippen LogP contribution in [-0.2, 0) is 11.2 Å². The number of carbonyl (C=O) groups excluding carboxylic acids is 1. The van der Waals surface area contributed by atoms with Crippen LogP contribution in [0.5, 0.6) is 28.7 Å². The number of hydrogen-bond acceptors (Lipinski definition) is 7. The highest BCUT2D eigenvalue weighted by atomic mass is 16.6. The maximum Gasteiger partial charge on any atom is 0.342 e. The summed E-state index contributed by atoms with van der Waals surface area (Å²) in [4.78, 5) is 12.4. The quantitative estimate of drug-likeness (QED) is 0.689. The monoisotopic (exact) mass is 374 g/mol. The Kier molecular flexibility index (Phi) is 5.30. The van der Waals surface area contributed by atoms with Crippen molar-refractivity contribution in [3.63, 3.8) is 0 Å². The third-order valence-electron chi connectivity index (χ3n) is 4.51. The highest BCUT2D eigenvalue weighted by Crippen LogP contribution is 2.43. The molecule has 0 fully saturated rings. The lowest BCUT2D eigenvalue weighted by Gasteiger charge is -2.16. The standard InChI is InChI=1S/C20H22O7/c1-22-12-9-13-14(27-20(21)18(13)15(10-12)23-2)6-11-7-16(24-3)19(26-5)17(8-11)25-4/h7-10,14H,6H2,1-5H3. The van der Waals surface area contributed by atoms with Crippen LogP contribution in [-0.4, -0.2) is 41.5 Å². The van der Waals surface area contributed by atoms with Gasteiger partial charge in [-0.25, -0.2) is 4.79 Å². The molecule has 0 saturated heterocycles. The molecule has 2 aromatic rings. The van der Waals surface area contributed by atoms with Gasteiger partial charge in [-0.2, -0.15) is 0 Å². The van der Waals surface area contributed by atoms with Crippen LogP contribution in [0.1, 0.15) is 27.6 Å². The van der Waals surface area contributed by atoms with Crippen LogP contribution in [0.2, 0.25) is 0 Å². The van der Waals surface area contributed by atoms with Crippen molar-refractivity contribution in [2.24, 2.45) is 0 Å². The first-order chi connectivity index (χ1) is 13.1. The first-order valence-electron chi connectivity index (χ1n) is 8.32. The third-order valence-corrected chi connectivity index (χ3v) is 4.51. The molecule has 144 valence electrons.